The van der Waals surface area contributed by atoms with Crippen LogP contribution in [0, 0.1) is 0 Å². The topological polar surface area (TPSA) is 116 Å². The standard InChI is InChI=1S/C9H10N2O4/c10-6-3-5(9(13)14)1-2-7(6)15-4-8(11)12/h1-3H,4,10H2,(H2,11,12)(H,13,14). The van der Waals surface area contributed by atoms with Crippen LogP contribution in [0.5, 0.6) is 5.75 Å². The highest BCUT2D eigenvalue weighted by Gasteiger charge is 2.07. The highest BCUT2D eigenvalue weighted by molar-refractivity contribution is 5.89. The van der Waals surface area contributed by atoms with Crippen molar-refractivity contribution < 1.29 is 19.4 Å². The van der Waals surface area contributed by atoms with Crippen molar-refractivity contribution in [3.63, 3.8) is 0 Å². The summed E-state index contributed by atoms with van der Waals surface area (Å²) < 4.78 is 4.94. The molecule has 0 radical (unpaired) electrons. The number of aromatic carboxylic acids is 1. The summed E-state index contributed by atoms with van der Waals surface area (Å²) >= 11 is 0. The Hall–Kier alpha value is -2.24. The minimum atomic E-state index is -1.08. The van der Waals surface area contributed by atoms with Gasteiger partial charge in [0.15, 0.2) is 6.61 Å². The first-order chi connectivity index (χ1) is 7.00. The van der Waals surface area contributed by atoms with E-state index in [-0.39, 0.29) is 23.6 Å². The van der Waals surface area contributed by atoms with Crippen molar-refractivity contribution in [3.05, 3.63) is 23.8 Å². The number of carboxylic acid groups (broad SMARTS) is 1. The number of rotatable bonds is 4. The maximum absolute atomic E-state index is 10.6. The molecule has 1 amide bonds. The van der Waals surface area contributed by atoms with Gasteiger partial charge >= 0.3 is 5.97 Å². The molecule has 1 aromatic carbocycles. The van der Waals surface area contributed by atoms with Crippen LogP contribution in [0.25, 0.3) is 0 Å². The van der Waals surface area contributed by atoms with E-state index in [9.17, 15) is 9.59 Å². The average molecular weight is 210 g/mol. The van der Waals surface area contributed by atoms with Crippen molar-refractivity contribution in [2.24, 2.45) is 5.73 Å². The second-order valence-corrected chi connectivity index (χ2v) is 2.81. The van der Waals surface area contributed by atoms with Gasteiger partial charge in [0.1, 0.15) is 5.75 Å². The number of hydrogen-bond acceptors (Lipinski definition) is 4. The van der Waals surface area contributed by atoms with E-state index in [0.29, 0.717) is 0 Å². The number of nitrogens with two attached hydrogens (primary N) is 2. The second kappa shape index (κ2) is 4.32. The molecule has 80 valence electrons. The highest BCUT2D eigenvalue weighted by Crippen LogP contribution is 2.22. The van der Waals surface area contributed by atoms with E-state index in [1.807, 2.05) is 0 Å². The number of primary amides is 1. The zero-order valence-electron chi connectivity index (χ0n) is 7.77. The molecule has 0 aromatic heterocycles. The molecule has 0 aliphatic carbocycles. The summed E-state index contributed by atoms with van der Waals surface area (Å²) in [4.78, 5) is 21.0. The van der Waals surface area contributed by atoms with Gasteiger partial charge in [-0.2, -0.15) is 0 Å². The van der Waals surface area contributed by atoms with Crippen molar-refractivity contribution in [3.8, 4) is 5.75 Å². The maximum atomic E-state index is 10.6. The predicted molar refractivity (Wildman–Crippen MR) is 52.5 cm³/mol. The molecule has 0 atom stereocenters. The Bertz CT molecular complexity index is 403. The van der Waals surface area contributed by atoms with Crippen molar-refractivity contribution in [1.82, 2.24) is 0 Å². The highest BCUT2D eigenvalue weighted by atomic mass is 16.5. The zero-order chi connectivity index (χ0) is 11.4. The molecule has 0 saturated heterocycles. The minimum absolute atomic E-state index is 0.0546. The van der Waals surface area contributed by atoms with Crippen LogP contribution in [0.1, 0.15) is 10.4 Å². The number of carbonyl (C=O) groups excluding carboxylic acids is 1. The first kappa shape index (κ1) is 10.8. The molecule has 6 heteroatoms. The smallest absolute Gasteiger partial charge is 0.335 e. The molecule has 0 saturated carbocycles. The van der Waals surface area contributed by atoms with Gasteiger partial charge in [0, 0.05) is 0 Å². The Morgan fingerprint density at radius 1 is 1.40 bits per heavy atom. The van der Waals surface area contributed by atoms with E-state index < -0.39 is 11.9 Å². The Balaban J connectivity index is 2.83. The molecule has 1 aromatic rings. The molecule has 0 aliphatic heterocycles. The molecule has 0 unspecified atom stereocenters. The van der Waals surface area contributed by atoms with Crippen LogP contribution in [-0.2, 0) is 4.79 Å². The van der Waals surface area contributed by atoms with Gasteiger partial charge in [-0.05, 0) is 18.2 Å². The summed E-state index contributed by atoms with van der Waals surface area (Å²) in [5, 5.41) is 8.65. The molecule has 15 heavy (non-hydrogen) atoms. The molecule has 0 bridgehead atoms. The summed E-state index contributed by atoms with van der Waals surface area (Å²) in [6.45, 7) is -0.295. The lowest BCUT2D eigenvalue weighted by molar-refractivity contribution is -0.119. The maximum Gasteiger partial charge on any atom is 0.335 e. The van der Waals surface area contributed by atoms with E-state index in [4.69, 9.17) is 21.3 Å². The summed E-state index contributed by atoms with van der Waals surface area (Å²) in [6.07, 6.45) is 0. The summed E-state index contributed by atoms with van der Waals surface area (Å²) in [5.41, 5.74) is 10.6. The van der Waals surface area contributed by atoms with Gasteiger partial charge in [-0.25, -0.2) is 4.79 Å². The lowest BCUT2D eigenvalue weighted by Crippen LogP contribution is -2.20. The molecule has 5 N–H and O–H groups in total. The summed E-state index contributed by atoms with van der Waals surface area (Å²) in [7, 11) is 0. The van der Waals surface area contributed by atoms with Gasteiger partial charge in [-0.1, -0.05) is 0 Å². The van der Waals surface area contributed by atoms with E-state index in [0.717, 1.165) is 0 Å². The predicted octanol–water partition coefficient (Wildman–Crippen LogP) is -0.169. The fourth-order valence-electron chi connectivity index (χ4n) is 0.962. The van der Waals surface area contributed by atoms with Crippen LogP contribution in [0.3, 0.4) is 0 Å². The summed E-state index contributed by atoms with van der Waals surface area (Å²) in [6, 6.07) is 3.95. The van der Waals surface area contributed by atoms with Crippen molar-refractivity contribution >= 4 is 17.6 Å². The van der Waals surface area contributed by atoms with E-state index in [1.54, 1.807) is 0 Å². The van der Waals surface area contributed by atoms with Gasteiger partial charge in [-0.3, -0.25) is 4.79 Å². The van der Waals surface area contributed by atoms with Gasteiger partial charge in [0.2, 0.25) is 0 Å². The Kier molecular flexibility index (Phi) is 3.12. The van der Waals surface area contributed by atoms with Crippen LogP contribution in [-0.4, -0.2) is 23.6 Å². The van der Waals surface area contributed by atoms with Crippen molar-refractivity contribution in [2.45, 2.75) is 0 Å². The Morgan fingerprint density at radius 3 is 2.53 bits per heavy atom. The molecule has 0 spiro atoms. The summed E-state index contributed by atoms with van der Waals surface area (Å²) in [5.74, 6) is -1.47. The van der Waals surface area contributed by atoms with Crippen LogP contribution < -0.4 is 16.2 Å². The third kappa shape index (κ3) is 2.87. The number of ether oxygens (including phenoxy) is 1. The van der Waals surface area contributed by atoms with Crippen LogP contribution in [0.2, 0.25) is 0 Å². The van der Waals surface area contributed by atoms with Gasteiger partial charge in [-0.15, -0.1) is 0 Å². The fourth-order valence-corrected chi connectivity index (χ4v) is 0.962. The first-order valence-electron chi connectivity index (χ1n) is 4.04. The normalized spacial score (nSPS) is 9.60. The second-order valence-electron chi connectivity index (χ2n) is 2.81. The molecular formula is C9H10N2O4. The van der Waals surface area contributed by atoms with Gasteiger partial charge in [0.25, 0.3) is 5.91 Å². The third-order valence-corrected chi connectivity index (χ3v) is 1.63. The fraction of sp³-hybridized carbons (Fsp3) is 0.111. The monoisotopic (exact) mass is 210 g/mol. The molecular weight excluding hydrogens is 200 g/mol. The van der Waals surface area contributed by atoms with E-state index in [1.165, 1.54) is 18.2 Å². The lowest BCUT2D eigenvalue weighted by atomic mass is 10.2. The number of anilines is 1. The molecule has 1 rings (SSSR count). The van der Waals surface area contributed by atoms with Crippen LogP contribution in [0.4, 0.5) is 5.69 Å². The number of carbonyl (C=O) groups is 2. The average Bonchev–Trinajstić information content (AvgIpc) is 2.15. The molecule has 0 heterocycles. The lowest BCUT2D eigenvalue weighted by Gasteiger charge is -2.07. The zero-order valence-corrected chi connectivity index (χ0v) is 7.77. The van der Waals surface area contributed by atoms with Gasteiger partial charge < -0.3 is 21.3 Å². The van der Waals surface area contributed by atoms with Crippen molar-refractivity contribution in [1.29, 1.82) is 0 Å². The van der Waals surface area contributed by atoms with E-state index >= 15 is 0 Å². The molecule has 6 nitrogen and oxygen atoms in total. The van der Waals surface area contributed by atoms with Crippen molar-refractivity contribution in [2.75, 3.05) is 12.3 Å². The number of amides is 1. The van der Waals surface area contributed by atoms with E-state index in [2.05, 4.69) is 0 Å². The van der Waals surface area contributed by atoms with Gasteiger partial charge in [0.05, 0.1) is 11.3 Å². The number of hydrogen-bond donors (Lipinski definition) is 3. The SMILES string of the molecule is NC(=O)COc1ccc(C(=O)O)cc1N. The number of benzene rings is 1. The van der Waals surface area contributed by atoms with Crippen LogP contribution in [0.15, 0.2) is 18.2 Å². The number of carboxylic acids is 1. The largest absolute Gasteiger partial charge is 0.482 e. The molecule has 0 fully saturated rings. The molecule has 0 aliphatic rings. The first-order valence-corrected chi connectivity index (χ1v) is 4.04. The Morgan fingerprint density at radius 2 is 2.07 bits per heavy atom. The third-order valence-electron chi connectivity index (χ3n) is 1.63. The Labute approximate surface area is 85.4 Å². The number of nitrogen functional groups attached to an aromatic ring is 1. The van der Waals surface area contributed by atoms with Crippen LogP contribution >= 0.6 is 0 Å². The quantitative estimate of drug-likeness (QED) is 0.596. The minimum Gasteiger partial charge on any atom is -0.482 e.